The van der Waals surface area contributed by atoms with E-state index in [4.69, 9.17) is 20.5 Å². The van der Waals surface area contributed by atoms with Gasteiger partial charge in [-0.15, -0.1) is 0 Å². The second kappa shape index (κ2) is 5.23. The fraction of sp³-hybridized carbons (Fsp3) is 0.364. The molecule has 1 rings (SSSR count). The number of nitrogens with two attached hydrogens (primary N) is 1. The Balaban J connectivity index is 3.00. The molecule has 0 saturated carbocycles. The van der Waals surface area contributed by atoms with Crippen molar-refractivity contribution in [2.24, 2.45) is 5.73 Å². The van der Waals surface area contributed by atoms with Gasteiger partial charge < -0.3 is 15.2 Å². The lowest BCUT2D eigenvalue weighted by atomic mass is 10.1. The van der Waals surface area contributed by atoms with Crippen LogP contribution in [-0.2, 0) is 0 Å². The summed E-state index contributed by atoms with van der Waals surface area (Å²) in [7, 11) is 1.58. The Morgan fingerprint density at radius 3 is 2.80 bits per heavy atom. The van der Waals surface area contributed by atoms with Crippen LogP contribution in [-0.4, -0.2) is 13.7 Å². The Kier molecular flexibility index (Phi) is 3.95. The minimum absolute atomic E-state index is 0.00683. The van der Waals surface area contributed by atoms with E-state index in [1.54, 1.807) is 13.2 Å². The summed E-state index contributed by atoms with van der Waals surface area (Å²) in [6.07, 6.45) is 0. The van der Waals surface area contributed by atoms with Crippen molar-refractivity contribution >= 4 is 0 Å². The van der Waals surface area contributed by atoms with E-state index in [1.165, 1.54) is 0 Å². The fourth-order valence-corrected chi connectivity index (χ4v) is 1.25. The van der Waals surface area contributed by atoms with E-state index in [0.717, 1.165) is 5.56 Å². The maximum Gasteiger partial charge on any atom is 0.174 e. The number of methoxy groups -OCH3 is 1. The van der Waals surface area contributed by atoms with E-state index < -0.39 is 0 Å². The molecule has 0 unspecified atom stereocenters. The van der Waals surface area contributed by atoms with E-state index in [-0.39, 0.29) is 12.6 Å². The van der Waals surface area contributed by atoms with Gasteiger partial charge in [-0.2, -0.15) is 5.26 Å². The van der Waals surface area contributed by atoms with Crippen LogP contribution in [0.25, 0.3) is 0 Å². The van der Waals surface area contributed by atoms with E-state index >= 15 is 0 Å². The normalized spacial score (nSPS) is 11.6. The third kappa shape index (κ3) is 2.86. The van der Waals surface area contributed by atoms with E-state index in [1.807, 2.05) is 25.1 Å². The molecule has 0 aliphatic rings. The first-order valence-electron chi connectivity index (χ1n) is 4.62. The maximum atomic E-state index is 8.45. The third-order valence-electron chi connectivity index (χ3n) is 2.00. The molecule has 1 aromatic carbocycles. The smallest absolute Gasteiger partial charge is 0.174 e. The highest BCUT2D eigenvalue weighted by atomic mass is 16.5. The highest BCUT2D eigenvalue weighted by Gasteiger charge is 2.09. The van der Waals surface area contributed by atoms with Gasteiger partial charge in [0.05, 0.1) is 7.11 Å². The predicted octanol–water partition coefficient (Wildman–Crippen LogP) is 1.62. The van der Waals surface area contributed by atoms with Crippen molar-refractivity contribution in [1.29, 1.82) is 5.26 Å². The summed E-state index contributed by atoms with van der Waals surface area (Å²) < 4.78 is 10.3. The number of benzene rings is 1. The van der Waals surface area contributed by atoms with Gasteiger partial charge in [0.25, 0.3) is 0 Å². The van der Waals surface area contributed by atoms with Crippen LogP contribution in [0.1, 0.15) is 18.5 Å². The zero-order valence-corrected chi connectivity index (χ0v) is 8.86. The lowest BCUT2D eigenvalue weighted by molar-refractivity contribution is 0.355. The molecule has 0 saturated heterocycles. The van der Waals surface area contributed by atoms with Gasteiger partial charge in [0.2, 0.25) is 0 Å². The molecule has 0 radical (unpaired) electrons. The van der Waals surface area contributed by atoms with Gasteiger partial charge in [0.15, 0.2) is 6.61 Å². The molecule has 0 spiro atoms. The second-order valence-electron chi connectivity index (χ2n) is 3.14. The summed E-state index contributed by atoms with van der Waals surface area (Å²) in [6.45, 7) is 1.87. The summed E-state index contributed by atoms with van der Waals surface area (Å²) in [5, 5.41) is 8.45. The molecular weight excluding hydrogens is 192 g/mol. The summed E-state index contributed by atoms with van der Waals surface area (Å²) in [5.74, 6) is 1.29. The van der Waals surface area contributed by atoms with Crippen molar-refractivity contribution in [3.63, 3.8) is 0 Å². The average molecular weight is 206 g/mol. The molecule has 2 N–H and O–H groups in total. The largest absolute Gasteiger partial charge is 0.497 e. The second-order valence-corrected chi connectivity index (χ2v) is 3.14. The lowest BCUT2D eigenvalue weighted by Crippen LogP contribution is -2.08. The molecule has 0 aliphatic carbocycles. The molecule has 4 nitrogen and oxygen atoms in total. The topological polar surface area (TPSA) is 68.3 Å². The average Bonchev–Trinajstić information content (AvgIpc) is 2.25. The highest BCUT2D eigenvalue weighted by molar-refractivity contribution is 5.42. The van der Waals surface area contributed by atoms with Crippen LogP contribution in [0.3, 0.4) is 0 Å². The number of ether oxygens (including phenoxy) is 2. The van der Waals surface area contributed by atoms with Crippen molar-refractivity contribution in [3.8, 4) is 17.6 Å². The first-order chi connectivity index (χ1) is 7.19. The number of hydrogen-bond donors (Lipinski definition) is 1. The SMILES string of the molecule is COc1ccc([C@@H](C)N)c(OCC#N)c1. The number of rotatable bonds is 4. The number of hydrogen-bond acceptors (Lipinski definition) is 4. The van der Waals surface area contributed by atoms with Crippen molar-refractivity contribution in [3.05, 3.63) is 23.8 Å². The zero-order chi connectivity index (χ0) is 11.3. The van der Waals surface area contributed by atoms with Crippen molar-refractivity contribution in [1.82, 2.24) is 0 Å². The van der Waals surface area contributed by atoms with E-state index in [9.17, 15) is 0 Å². The Bertz CT molecular complexity index is 369. The Hall–Kier alpha value is -1.73. The molecule has 0 aliphatic heterocycles. The van der Waals surface area contributed by atoms with Crippen LogP contribution < -0.4 is 15.2 Å². The van der Waals surface area contributed by atoms with Gasteiger partial charge >= 0.3 is 0 Å². The van der Waals surface area contributed by atoms with E-state index in [0.29, 0.717) is 11.5 Å². The minimum Gasteiger partial charge on any atom is -0.497 e. The molecule has 15 heavy (non-hydrogen) atoms. The monoisotopic (exact) mass is 206 g/mol. The van der Waals surface area contributed by atoms with Crippen LogP contribution in [0, 0.1) is 11.3 Å². The molecule has 0 bridgehead atoms. The number of nitrogens with zero attached hydrogens (tertiary/aromatic N) is 1. The highest BCUT2D eigenvalue weighted by Crippen LogP contribution is 2.28. The van der Waals surface area contributed by atoms with Gasteiger partial charge in [-0.05, 0) is 13.0 Å². The minimum atomic E-state index is -0.135. The first kappa shape index (κ1) is 11.3. The molecular formula is C11H14N2O2. The summed E-state index contributed by atoms with van der Waals surface area (Å²) in [5.41, 5.74) is 6.64. The Labute approximate surface area is 89.2 Å². The first-order valence-corrected chi connectivity index (χ1v) is 4.62. The maximum absolute atomic E-state index is 8.45. The van der Waals surface area contributed by atoms with Crippen LogP contribution in [0.2, 0.25) is 0 Å². The standard InChI is InChI=1S/C11H14N2O2/c1-8(13)10-4-3-9(14-2)7-11(10)15-6-5-12/h3-4,7-8H,6,13H2,1-2H3/t8-/m1/s1. The van der Waals surface area contributed by atoms with E-state index in [2.05, 4.69) is 0 Å². The fourth-order valence-electron chi connectivity index (χ4n) is 1.25. The van der Waals surface area contributed by atoms with Gasteiger partial charge in [-0.3, -0.25) is 0 Å². The summed E-state index contributed by atoms with van der Waals surface area (Å²) in [4.78, 5) is 0. The van der Waals surface area contributed by atoms with Gasteiger partial charge in [-0.1, -0.05) is 6.07 Å². The summed E-state index contributed by atoms with van der Waals surface area (Å²) >= 11 is 0. The molecule has 80 valence electrons. The van der Waals surface area contributed by atoms with Gasteiger partial charge in [-0.25, -0.2) is 0 Å². The van der Waals surface area contributed by atoms with Gasteiger partial charge in [0.1, 0.15) is 17.6 Å². The molecule has 0 aromatic heterocycles. The molecule has 0 amide bonds. The number of nitriles is 1. The van der Waals surface area contributed by atoms with Crippen LogP contribution in [0.4, 0.5) is 0 Å². The van der Waals surface area contributed by atoms with Crippen LogP contribution >= 0.6 is 0 Å². The predicted molar refractivity (Wildman–Crippen MR) is 56.7 cm³/mol. The van der Waals surface area contributed by atoms with Crippen LogP contribution in [0.5, 0.6) is 11.5 Å². The molecule has 4 heteroatoms. The van der Waals surface area contributed by atoms with Crippen LogP contribution in [0.15, 0.2) is 18.2 Å². The Morgan fingerprint density at radius 2 is 2.27 bits per heavy atom. The van der Waals surface area contributed by atoms with Crippen molar-refractivity contribution in [2.45, 2.75) is 13.0 Å². The zero-order valence-electron chi connectivity index (χ0n) is 8.86. The van der Waals surface area contributed by atoms with Crippen molar-refractivity contribution < 1.29 is 9.47 Å². The Morgan fingerprint density at radius 1 is 1.53 bits per heavy atom. The lowest BCUT2D eigenvalue weighted by Gasteiger charge is -2.13. The molecule has 1 aromatic rings. The van der Waals surface area contributed by atoms with Crippen molar-refractivity contribution in [2.75, 3.05) is 13.7 Å². The quantitative estimate of drug-likeness (QED) is 0.812. The molecule has 0 heterocycles. The van der Waals surface area contributed by atoms with Gasteiger partial charge in [0, 0.05) is 17.7 Å². The summed E-state index contributed by atoms with van der Waals surface area (Å²) in [6, 6.07) is 7.17. The third-order valence-corrected chi connectivity index (χ3v) is 2.00. The molecule has 0 fully saturated rings. The molecule has 1 atom stereocenters.